The number of hydrogen-bond acceptors (Lipinski definition) is 4. The van der Waals surface area contributed by atoms with Crippen LogP contribution in [0, 0.1) is 5.92 Å². The number of pyridine rings is 1. The van der Waals surface area contributed by atoms with Crippen LogP contribution in [-0.2, 0) is 0 Å². The average Bonchev–Trinajstić information content (AvgIpc) is 2.27. The number of ether oxygens (including phenoxy) is 1. The average molecular weight is 222 g/mol. The first kappa shape index (κ1) is 11.2. The fourth-order valence-electron chi connectivity index (χ4n) is 2.15. The van der Waals surface area contributed by atoms with Gasteiger partial charge in [0.25, 0.3) is 0 Å². The molecule has 16 heavy (non-hydrogen) atoms. The molecular weight excluding hydrogens is 204 g/mol. The van der Waals surface area contributed by atoms with Crippen LogP contribution in [0.25, 0.3) is 0 Å². The zero-order chi connectivity index (χ0) is 11.5. The quantitative estimate of drug-likeness (QED) is 0.834. The normalized spacial score (nSPS) is 23.7. The summed E-state index contributed by atoms with van der Waals surface area (Å²) in [5, 5.41) is 9.24. The van der Waals surface area contributed by atoms with Crippen molar-refractivity contribution in [1.82, 2.24) is 4.98 Å². The summed E-state index contributed by atoms with van der Waals surface area (Å²) in [4.78, 5) is 6.41. The van der Waals surface area contributed by atoms with Gasteiger partial charge in [-0.1, -0.05) is 0 Å². The molecule has 1 aliphatic rings. The molecule has 0 aromatic carbocycles. The van der Waals surface area contributed by atoms with E-state index in [-0.39, 0.29) is 6.10 Å². The monoisotopic (exact) mass is 222 g/mol. The Balaban J connectivity index is 1.99. The van der Waals surface area contributed by atoms with Gasteiger partial charge < -0.3 is 14.7 Å². The Kier molecular flexibility index (Phi) is 3.29. The van der Waals surface area contributed by atoms with Gasteiger partial charge >= 0.3 is 0 Å². The Labute approximate surface area is 95.9 Å². The highest BCUT2D eigenvalue weighted by Gasteiger charge is 2.28. The van der Waals surface area contributed by atoms with E-state index < -0.39 is 0 Å². The summed E-state index contributed by atoms with van der Waals surface area (Å²) in [6, 6.07) is 3.78. The maximum atomic E-state index is 9.24. The molecule has 0 radical (unpaired) electrons. The largest absolute Gasteiger partial charge is 0.493 e. The lowest BCUT2D eigenvalue weighted by atomic mass is 9.82. The van der Waals surface area contributed by atoms with Gasteiger partial charge in [-0.3, -0.25) is 0 Å². The number of anilines is 1. The Morgan fingerprint density at radius 3 is 2.94 bits per heavy atom. The van der Waals surface area contributed by atoms with E-state index in [1.165, 1.54) is 0 Å². The first-order valence-corrected chi connectivity index (χ1v) is 5.59. The van der Waals surface area contributed by atoms with E-state index in [9.17, 15) is 5.11 Å². The molecule has 0 unspecified atom stereocenters. The topological polar surface area (TPSA) is 45.6 Å². The molecule has 0 saturated heterocycles. The minimum Gasteiger partial charge on any atom is -0.493 e. The Morgan fingerprint density at radius 2 is 2.31 bits per heavy atom. The zero-order valence-electron chi connectivity index (χ0n) is 9.76. The van der Waals surface area contributed by atoms with Crippen molar-refractivity contribution in [2.45, 2.75) is 18.9 Å². The molecule has 1 saturated carbocycles. The van der Waals surface area contributed by atoms with Crippen LogP contribution < -0.4 is 9.64 Å². The third kappa shape index (κ3) is 2.27. The fourth-order valence-corrected chi connectivity index (χ4v) is 2.15. The van der Waals surface area contributed by atoms with Crippen molar-refractivity contribution in [2.24, 2.45) is 5.92 Å². The molecule has 2 rings (SSSR count). The number of hydrogen-bond donors (Lipinski definition) is 1. The van der Waals surface area contributed by atoms with E-state index in [2.05, 4.69) is 9.88 Å². The van der Waals surface area contributed by atoms with Crippen molar-refractivity contribution in [3.63, 3.8) is 0 Å². The summed E-state index contributed by atoms with van der Waals surface area (Å²) in [5.74, 6) is 2.24. The van der Waals surface area contributed by atoms with E-state index >= 15 is 0 Å². The highest BCUT2D eigenvalue weighted by molar-refractivity contribution is 5.51. The summed E-state index contributed by atoms with van der Waals surface area (Å²) in [6.45, 7) is 0.921. The van der Waals surface area contributed by atoms with Gasteiger partial charge in [-0.25, -0.2) is 4.98 Å². The van der Waals surface area contributed by atoms with Crippen molar-refractivity contribution in [1.29, 1.82) is 0 Å². The molecule has 1 heterocycles. The van der Waals surface area contributed by atoms with Crippen molar-refractivity contribution in [3.05, 3.63) is 18.3 Å². The van der Waals surface area contributed by atoms with Gasteiger partial charge in [-0.05, 0) is 30.9 Å². The zero-order valence-corrected chi connectivity index (χ0v) is 9.76. The Hall–Kier alpha value is -1.29. The first-order chi connectivity index (χ1) is 7.70. The summed E-state index contributed by atoms with van der Waals surface area (Å²) in [5.41, 5.74) is 0. The van der Waals surface area contributed by atoms with Crippen LogP contribution in [0.3, 0.4) is 0 Å². The Morgan fingerprint density at radius 1 is 1.56 bits per heavy atom. The molecule has 1 aromatic heterocycles. The van der Waals surface area contributed by atoms with E-state index in [0.717, 1.165) is 31.0 Å². The lowest BCUT2D eigenvalue weighted by molar-refractivity contribution is 0.0464. The smallest absolute Gasteiger partial charge is 0.171 e. The van der Waals surface area contributed by atoms with Crippen LogP contribution in [0.5, 0.6) is 5.75 Å². The van der Waals surface area contributed by atoms with Gasteiger partial charge in [-0.15, -0.1) is 0 Å². The van der Waals surface area contributed by atoms with E-state index in [0.29, 0.717) is 5.92 Å². The van der Waals surface area contributed by atoms with Crippen molar-refractivity contribution >= 4 is 5.82 Å². The van der Waals surface area contributed by atoms with Crippen LogP contribution in [0.2, 0.25) is 0 Å². The second-order valence-electron chi connectivity index (χ2n) is 4.40. The molecule has 1 N–H and O–H groups in total. The number of aliphatic hydroxyl groups is 1. The molecule has 0 aliphatic heterocycles. The molecule has 1 fully saturated rings. The molecule has 0 atom stereocenters. The van der Waals surface area contributed by atoms with Crippen LogP contribution in [-0.4, -0.2) is 36.9 Å². The predicted molar refractivity (Wildman–Crippen MR) is 62.8 cm³/mol. The van der Waals surface area contributed by atoms with E-state index in [1.54, 1.807) is 13.3 Å². The molecule has 1 aromatic rings. The number of nitrogens with zero attached hydrogens (tertiary/aromatic N) is 2. The Bertz CT molecular complexity index is 351. The molecule has 0 amide bonds. The maximum absolute atomic E-state index is 9.24. The lowest BCUT2D eigenvalue weighted by Crippen LogP contribution is -2.37. The summed E-state index contributed by atoms with van der Waals surface area (Å²) >= 11 is 0. The third-order valence-corrected chi connectivity index (χ3v) is 3.08. The number of aliphatic hydroxyl groups excluding tert-OH is 1. The number of rotatable bonds is 4. The second-order valence-corrected chi connectivity index (χ2v) is 4.40. The molecule has 1 aliphatic carbocycles. The van der Waals surface area contributed by atoms with Crippen LogP contribution in [0.1, 0.15) is 12.8 Å². The highest BCUT2D eigenvalue weighted by Crippen LogP contribution is 2.31. The highest BCUT2D eigenvalue weighted by atomic mass is 16.5. The van der Waals surface area contributed by atoms with Crippen molar-refractivity contribution in [2.75, 3.05) is 25.6 Å². The van der Waals surface area contributed by atoms with Gasteiger partial charge in [0.15, 0.2) is 11.6 Å². The summed E-state index contributed by atoms with van der Waals surface area (Å²) in [6.07, 6.45) is 3.48. The lowest BCUT2D eigenvalue weighted by Gasteiger charge is -2.35. The molecule has 0 bridgehead atoms. The maximum Gasteiger partial charge on any atom is 0.171 e. The molecule has 88 valence electrons. The summed E-state index contributed by atoms with van der Waals surface area (Å²) in [7, 11) is 3.66. The molecule has 0 spiro atoms. The minimum absolute atomic E-state index is 0.0935. The molecule has 4 nitrogen and oxygen atoms in total. The van der Waals surface area contributed by atoms with E-state index in [1.807, 2.05) is 19.2 Å². The van der Waals surface area contributed by atoms with Crippen molar-refractivity contribution in [3.8, 4) is 5.75 Å². The fraction of sp³-hybridized carbons (Fsp3) is 0.583. The third-order valence-electron chi connectivity index (χ3n) is 3.08. The van der Waals surface area contributed by atoms with E-state index in [4.69, 9.17) is 4.74 Å². The van der Waals surface area contributed by atoms with Gasteiger partial charge in [0.1, 0.15) is 0 Å². The predicted octanol–water partition coefficient (Wildman–Crippen LogP) is 1.30. The van der Waals surface area contributed by atoms with Gasteiger partial charge in [0.05, 0.1) is 13.2 Å². The summed E-state index contributed by atoms with van der Waals surface area (Å²) < 4.78 is 5.27. The SMILES string of the molecule is COc1cccnc1N(C)CC1CC(O)C1. The minimum atomic E-state index is -0.0935. The first-order valence-electron chi connectivity index (χ1n) is 5.59. The van der Waals surface area contributed by atoms with Gasteiger partial charge in [0, 0.05) is 19.8 Å². The molecule has 4 heteroatoms. The van der Waals surface area contributed by atoms with Crippen LogP contribution >= 0.6 is 0 Å². The van der Waals surface area contributed by atoms with Gasteiger partial charge in [0.2, 0.25) is 0 Å². The van der Waals surface area contributed by atoms with Crippen molar-refractivity contribution < 1.29 is 9.84 Å². The van der Waals surface area contributed by atoms with Gasteiger partial charge in [-0.2, -0.15) is 0 Å². The standard InChI is InChI=1S/C12H18N2O2/c1-14(8-9-6-10(15)7-9)12-11(16-2)4-3-5-13-12/h3-5,9-10,15H,6-8H2,1-2H3. The number of aromatic nitrogens is 1. The van der Waals surface area contributed by atoms with Crippen LogP contribution in [0.15, 0.2) is 18.3 Å². The second kappa shape index (κ2) is 4.70. The number of methoxy groups -OCH3 is 1. The van der Waals surface area contributed by atoms with Crippen LogP contribution in [0.4, 0.5) is 5.82 Å². The molecular formula is C12H18N2O2.